The van der Waals surface area contributed by atoms with Crippen LogP contribution in [-0.2, 0) is 0 Å². The Morgan fingerprint density at radius 1 is 1.13 bits per heavy atom. The summed E-state index contributed by atoms with van der Waals surface area (Å²) in [6.07, 6.45) is 6.95. The van der Waals surface area contributed by atoms with Crippen LogP contribution >= 0.6 is 0 Å². The fraction of sp³-hybridized carbons (Fsp3) is 0.286. The van der Waals surface area contributed by atoms with Crippen LogP contribution in [0.25, 0.3) is 22.1 Å². The van der Waals surface area contributed by atoms with E-state index in [1.807, 2.05) is 24.4 Å². The average molecular weight is 401 g/mol. The van der Waals surface area contributed by atoms with E-state index >= 15 is 0 Å². The van der Waals surface area contributed by atoms with Gasteiger partial charge in [-0.1, -0.05) is 0 Å². The molecule has 4 aromatic rings. The molecule has 0 aliphatic carbocycles. The van der Waals surface area contributed by atoms with Gasteiger partial charge in [-0.15, -0.1) is 0 Å². The molecule has 9 heteroatoms. The molecule has 1 aromatic carbocycles. The van der Waals surface area contributed by atoms with Crippen LogP contribution in [0.5, 0.6) is 0 Å². The predicted molar refractivity (Wildman–Crippen MR) is 118 cm³/mol. The van der Waals surface area contributed by atoms with Crippen LogP contribution in [0.4, 0.5) is 11.5 Å². The Balaban J connectivity index is 1.37. The molecule has 30 heavy (non-hydrogen) atoms. The number of rotatable bonds is 2. The van der Waals surface area contributed by atoms with E-state index in [1.54, 1.807) is 18.7 Å². The number of guanidine groups is 1. The molecular formula is C21H23N9. The quantitative estimate of drug-likeness (QED) is 0.392. The first-order valence-corrected chi connectivity index (χ1v) is 9.95. The summed E-state index contributed by atoms with van der Waals surface area (Å²) < 4.78 is 0. The van der Waals surface area contributed by atoms with Crippen LogP contribution in [0.1, 0.15) is 12.5 Å². The van der Waals surface area contributed by atoms with Crippen molar-refractivity contribution >= 4 is 39.5 Å². The molecule has 0 amide bonds. The van der Waals surface area contributed by atoms with E-state index in [4.69, 9.17) is 5.73 Å². The Morgan fingerprint density at radius 3 is 2.80 bits per heavy atom. The Labute approximate surface area is 173 Å². The lowest BCUT2D eigenvalue weighted by molar-refractivity contribution is 0.294. The van der Waals surface area contributed by atoms with Crippen molar-refractivity contribution in [3.8, 4) is 0 Å². The summed E-state index contributed by atoms with van der Waals surface area (Å²) in [5.74, 6) is 1.48. The lowest BCUT2D eigenvalue weighted by Crippen LogP contribution is -2.56. The van der Waals surface area contributed by atoms with Gasteiger partial charge < -0.3 is 20.5 Å². The van der Waals surface area contributed by atoms with Gasteiger partial charge in [-0.3, -0.25) is 9.97 Å². The molecule has 9 nitrogen and oxygen atoms in total. The van der Waals surface area contributed by atoms with E-state index in [-0.39, 0.29) is 6.04 Å². The zero-order chi connectivity index (χ0) is 20.7. The molecule has 0 unspecified atom stereocenters. The molecule has 1 saturated heterocycles. The predicted octanol–water partition coefficient (Wildman–Crippen LogP) is 2.37. The maximum absolute atomic E-state index is 6.39. The molecule has 1 aliphatic heterocycles. The lowest BCUT2D eigenvalue weighted by Gasteiger charge is -2.41. The zero-order valence-electron chi connectivity index (χ0n) is 16.9. The first kappa shape index (κ1) is 18.3. The van der Waals surface area contributed by atoms with Gasteiger partial charge in [0.05, 0.1) is 22.1 Å². The van der Waals surface area contributed by atoms with Gasteiger partial charge in [-0.2, -0.15) is 0 Å². The molecule has 5 rings (SSSR count). The van der Waals surface area contributed by atoms with E-state index in [0.717, 1.165) is 58.8 Å². The molecule has 0 bridgehead atoms. The number of anilines is 1. The van der Waals surface area contributed by atoms with E-state index < -0.39 is 0 Å². The van der Waals surface area contributed by atoms with Crippen LogP contribution in [-0.4, -0.2) is 61.5 Å². The molecule has 1 atom stereocenters. The van der Waals surface area contributed by atoms with Crippen molar-refractivity contribution in [2.45, 2.75) is 19.9 Å². The van der Waals surface area contributed by atoms with Gasteiger partial charge >= 0.3 is 0 Å². The summed E-state index contributed by atoms with van der Waals surface area (Å²) in [5, 5.41) is 1.08. The molecule has 3 N–H and O–H groups in total. The number of fused-ring (bicyclic) bond motifs is 2. The second-order valence-corrected chi connectivity index (χ2v) is 7.58. The third-order valence-corrected chi connectivity index (χ3v) is 5.56. The van der Waals surface area contributed by atoms with Gasteiger partial charge in [0.1, 0.15) is 17.8 Å². The first-order valence-electron chi connectivity index (χ1n) is 9.95. The third kappa shape index (κ3) is 3.18. The van der Waals surface area contributed by atoms with Gasteiger partial charge in [-0.25, -0.2) is 15.0 Å². The number of aryl methyl sites for hydroxylation is 1. The highest BCUT2D eigenvalue weighted by atomic mass is 15.4. The van der Waals surface area contributed by atoms with Crippen LogP contribution in [0.15, 0.2) is 48.1 Å². The van der Waals surface area contributed by atoms with Crippen molar-refractivity contribution in [1.82, 2.24) is 29.8 Å². The minimum absolute atomic E-state index is 0.187. The van der Waals surface area contributed by atoms with Gasteiger partial charge in [0.25, 0.3) is 0 Å². The van der Waals surface area contributed by atoms with Crippen LogP contribution in [0.3, 0.4) is 0 Å². The van der Waals surface area contributed by atoms with Gasteiger partial charge in [0, 0.05) is 44.3 Å². The maximum atomic E-state index is 6.39. The van der Waals surface area contributed by atoms with E-state index in [1.165, 1.54) is 0 Å². The summed E-state index contributed by atoms with van der Waals surface area (Å²) in [6.45, 7) is 6.60. The second-order valence-electron chi connectivity index (χ2n) is 7.58. The molecule has 0 saturated carbocycles. The minimum atomic E-state index is 0.187. The standard InChI is InChI=1S/C21H23N9/c1-13-10-25-19-18(13)20(27-12-26-19)29-7-8-30(14(2)11-29)21(22)28-15-3-4-16-17(9-15)24-6-5-23-16/h3-6,9-10,12,14H,7-8,11H2,1-2H3,(H2,22,28)(H,25,26,27)/t14-/m0/s1. The van der Waals surface area contributed by atoms with Gasteiger partial charge in [-0.05, 0) is 37.6 Å². The largest absolute Gasteiger partial charge is 0.369 e. The van der Waals surface area contributed by atoms with Gasteiger partial charge in [0.15, 0.2) is 5.96 Å². The number of nitrogens with one attached hydrogen (secondary N) is 1. The van der Waals surface area contributed by atoms with Crippen molar-refractivity contribution < 1.29 is 0 Å². The van der Waals surface area contributed by atoms with E-state index in [0.29, 0.717) is 5.96 Å². The molecule has 4 heterocycles. The van der Waals surface area contributed by atoms with Crippen LogP contribution < -0.4 is 10.6 Å². The Hall–Kier alpha value is -3.75. The molecule has 1 fully saturated rings. The molecule has 152 valence electrons. The highest BCUT2D eigenvalue weighted by molar-refractivity contribution is 5.91. The fourth-order valence-corrected chi connectivity index (χ4v) is 4.05. The summed E-state index contributed by atoms with van der Waals surface area (Å²) >= 11 is 0. The number of H-pyrrole nitrogens is 1. The van der Waals surface area contributed by atoms with Crippen molar-refractivity contribution in [2.75, 3.05) is 24.5 Å². The normalized spacial score (nSPS) is 17.8. The summed E-state index contributed by atoms with van der Waals surface area (Å²) in [5.41, 5.74) is 10.8. The SMILES string of the molecule is Cc1c[nH]c2ncnc(N3CCN(C(N)=Nc4ccc5nccnc5c4)[C@@H](C)C3)c12. The third-order valence-electron chi connectivity index (χ3n) is 5.56. The van der Waals surface area contributed by atoms with Crippen LogP contribution in [0.2, 0.25) is 0 Å². The topological polar surface area (TPSA) is 112 Å². The van der Waals surface area contributed by atoms with E-state index in [9.17, 15) is 0 Å². The summed E-state index contributed by atoms with van der Waals surface area (Å²) in [6, 6.07) is 5.92. The highest BCUT2D eigenvalue weighted by Gasteiger charge is 2.27. The van der Waals surface area contributed by atoms with Crippen molar-refractivity contribution in [1.29, 1.82) is 0 Å². The monoisotopic (exact) mass is 401 g/mol. The van der Waals surface area contributed by atoms with E-state index in [2.05, 4.69) is 53.6 Å². The number of nitrogens with zero attached hydrogens (tertiary/aromatic N) is 7. The number of hydrogen-bond donors (Lipinski definition) is 2. The molecule has 0 radical (unpaired) electrons. The number of aliphatic imine (C=N–C) groups is 1. The Morgan fingerprint density at radius 2 is 1.97 bits per heavy atom. The Kier molecular flexibility index (Phi) is 4.42. The Bertz CT molecular complexity index is 1250. The number of piperazine rings is 1. The smallest absolute Gasteiger partial charge is 0.196 e. The number of aromatic amines is 1. The molecular weight excluding hydrogens is 378 g/mol. The van der Waals surface area contributed by atoms with Crippen molar-refractivity contribution in [2.24, 2.45) is 10.7 Å². The average Bonchev–Trinajstić information content (AvgIpc) is 3.14. The second kappa shape index (κ2) is 7.25. The first-order chi connectivity index (χ1) is 14.6. The van der Waals surface area contributed by atoms with Gasteiger partial charge in [0.2, 0.25) is 0 Å². The summed E-state index contributed by atoms with van der Waals surface area (Å²) in [4.78, 5) is 29.8. The minimum Gasteiger partial charge on any atom is -0.369 e. The number of aromatic nitrogens is 5. The van der Waals surface area contributed by atoms with Crippen LogP contribution in [0, 0.1) is 6.92 Å². The fourth-order valence-electron chi connectivity index (χ4n) is 4.05. The number of benzene rings is 1. The number of nitrogens with two attached hydrogens (primary N) is 1. The van der Waals surface area contributed by atoms with Crippen molar-refractivity contribution in [3.63, 3.8) is 0 Å². The maximum Gasteiger partial charge on any atom is 0.196 e. The van der Waals surface area contributed by atoms with Crippen molar-refractivity contribution in [3.05, 3.63) is 48.7 Å². The molecule has 3 aromatic heterocycles. The molecule has 0 spiro atoms. The lowest BCUT2D eigenvalue weighted by atomic mass is 10.1. The summed E-state index contributed by atoms with van der Waals surface area (Å²) in [7, 11) is 0. The zero-order valence-corrected chi connectivity index (χ0v) is 16.9. The highest BCUT2D eigenvalue weighted by Crippen LogP contribution is 2.27. The molecule has 1 aliphatic rings. The number of hydrogen-bond acceptors (Lipinski definition) is 6.